The van der Waals surface area contributed by atoms with Gasteiger partial charge in [-0.15, -0.1) is 0 Å². The molecule has 1 amide bonds. The lowest BCUT2D eigenvalue weighted by atomic mass is 10.1. The Kier molecular flexibility index (Phi) is 4.50. The minimum absolute atomic E-state index is 0.395. The molecule has 0 aliphatic carbocycles. The average molecular weight is 269 g/mol. The number of hydrogen-bond acceptors (Lipinski definition) is 2. The number of amides is 1. The zero-order valence-corrected chi connectivity index (χ0v) is 10.9. The first-order valence-corrected chi connectivity index (χ1v) is 6.32. The maximum atomic E-state index is 11.3. The molecule has 2 aromatic rings. The number of nitrogens with one attached hydrogen (secondary N) is 1. The Morgan fingerprint density at radius 2 is 1.80 bits per heavy atom. The molecule has 0 unspecified atom stereocenters. The number of hydrogen-bond donors (Lipinski definition) is 2. The Hall–Kier alpha value is -2.62. The first-order chi connectivity index (χ1) is 9.65. The van der Waals surface area contributed by atoms with E-state index in [1.54, 1.807) is 0 Å². The molecule has 0 radical (unpaired) electrons. The van der Waals surface area contributed by atoms with Crippen LogP contribution >= 0.6 is 0 Å². The normalized spacial score (nSPS) is 10.8. The molecule has 0 aliphatic heterocycles. The van der Waals surface area contributed by atoms with Crippen molar-refractivity contribution in [3.63, 3.8) is 0 Å². The third kappa shape index (κ3) is 3.95. The second-order valence-corrected chi connectivity index (χ2v) is 4.39. The highest BCUT2D eigenvalue weighted by Crippen LogP contribution is 2.15. The van der Waals surface area contributed by atoms with Gasteiger partial charge in [0.1, 0.15) is 0 Å². The van der Waals surface area contributed by atoms with Gasteiger partial charge in [-0.25, -0.2) is 4.79 Å². The quantitative estimate of drug-likeness (QED) is 0.817. The highest BCUT2D eigenvalue weighted by molar-refractivity contribution is 5.93. The van der Waals surface area contributed by atoms with Crippen LogP contribution in [0.4, 0.5) is 0 Å². The lowest BCUT2D eigenvalue weighted by Crippen LogP contribution is -2.23. The van der Waals surface area contributed by atoms with Gasteiger partial charge in [-0.3, -0.25) is 4.79 Å². The van der Waals surface area contributed by atoms with E-state index in [0.29, 0.717) is 13.0 Å². The van der Waals surface area contributed by atoms with Gasteiger partial charge in [0.2, 0.25) is 5.91 Å². The van der Waals surface area contributed by atoms with Crippen molar-refractivity contribution in [2.75, 3.05) is 6.54 Å². The number of rotatable bonds is 5. The number of aliphatic carboxylic acids is 1. The first kappa shape index (κ1) is 13.8. The molecule has 0 fully saturated rings. The summed E-state index contributed by atoms with van der Waals surface area (Å²) in [5, 5.41) is 13.4. The van der Waals surface area contributed by atoms with Crippen molar-refractivity contribution in [3.8, 4) is 0 Å². The van der Waals surface area contributed by atoms with E-state index in [9.17, 15) is 9.59 Å². The standard InChI is InChI=1S/C16H15NO3/c18-15(7-8-16(19)20)17-10-9-12-5-6-13-3-1-2-4-14(13)11-12/h1-8,11H,9-10H2,(H,17,18)(H,19,20)/b8-7+. The predicted molar refractivity (Wildman–Crippen MR) is 77.4 cm³/mol. The minimum atomic E-state index is -1.13. The third-order valence-corrected chi connectivity index (χ3v) is 2.90. The molecule has 4 nitrogen and oxygen atoms in total. The summed E-state index contributed by atoms with van der Waals surface area (Å²) in [6.07, 6.45) is 2.55. The summed E-state index contributed by atoms with van der Waals surface area (Å²) in [4.78, 5) is 21.5. The van der Waals surface area contributed by atoms with Crippen LogP contribution in [0, 0.1) is 0 Å². The van der Waals surface area contributed by atoms with E-state index in [-0.39, 0.29) is 0 Å². The summed E-state index contributed by atoms with van der Waals surface area (Å²) in [5.74, 6) is -1.53. The Balaban J connectivity index is 1.89. The highest BCUT2D eigenvalue weighted by Gasteiger charge is 1.99. The van der Waals surface area contributed by atoms with Crippen LogP contribution in [0.25, 0.3) is 10.8 Å². The molecule has 0 aliphatic rings. The van der Waals surface area contributed by atoms with Crippen LogP contribution in [0.5, 0.6) is 0 Å². The molecule has 20 heavy (non-hydrogen) atoms. The lowest BCUT2D eigenvalue weighted by molar-refractivity contribution is -0.131. The molecule has 0 aromatic heterocycles. The summed E-state index contributed by atoms with van der Waals surface area (Å²) in [7, 11) is 0. The third-order valence-electron chi connectivity index (χ3n) is 2.90. The number of carboxylic acid groups (broad SMARTS) is 1. The molecule has 0 saturated heterocycles. The van der Waals surface area contributed by atoms with Crippen molar-refractivity contribution in [1.29, 1.82) is 0 Å². The van der Waals surface area contributed by atoms with Crippen LogP contribution in [0.3, 0.4) is 0 Å². The van der Waals surface area contributed by atoms with Crippen molar-refractivity contribution < 1.29 is 14.7 Å². The second-order valence-electron chi connectivity index (χ2n) is 4.39. The van der Waals surface area contributed by atoms with Gasteiger partial charge in [-0.05, 0) is 22.8 Å². The summed E-state index contributed by atoms with van der Waals surface area (Å²) < 4.78 is 0. The second kappa shape index (κ2) is 6.52. The molecule has 0 saturated carbocycles. The van der Waals surface area contributed by atoms with E-state index in [4.69, 9.17) is 5.11 Å². The maximum Gasteiger partial charge on any atom is 0.328 e. The monoisotopic (exact) mass is 269 g/mol. The fourth-order valence-electron chi connectivity index (χ4n) is 1.93. The largest absolute Gasteiger partial charge is 0.478 e. The number of fused-ring (bicyclic) bond motifs is 1. The first-order valence-electron chi connectivity index (χ1n) is 6.32. The summed E-state index contributed by atoms with van der Waals surface area (Å²) in [6, 6.07) is 14.3. The molecule has 0 spiro atoms. The zero-order valence-electron chi connectivity index (χ0n) is 10.9. The van der Waals surface area contributed by atoms with Gasteiger partial charge in [-0.2, -0.15) is 0 Å². The van der Waals surface area contributed by atoms with Gasteiger partial charge in [-0.1, -0.05) is 42.5 Å². The van der Waals surface area contributed by atoms with Gasteiger partial charge in [0, 0.05) is 18.7 Å². The predicted octanol–water partition coefficient (Wildman–Crippen LogP) is 2.14. The van der Waals surface area contributed by atoms with Gasteiger partial charge in [0.05, 0.1) is 0 Å². The van der Waals surface area contributed by atoms with E-state index in [1.165, 1.54) is 10.8 Å². The molecule has 0 atom stereocenters. The Bertz CT molecular complexity index is 662. The van der Waals surface area contributed by atoms with Crippen LogP contribution in [-0.4, -0.2) is 23.5 Å². The molecule has 0 bridgehead atoms. The Labute approximate surface area is 116 Å². The van der Waals surface area contributed by atoms with Crippen molar-refractivity contribution >= 4 is 22.6 Å². The highest BCUT2D eigenvalue weighted by atomic mass is 16.4. The maximum absolute atomic E-state index is 11.3. The topological polar surface area (TPSA) is 66.4 Å². The van der Waals surface area contributed by atoms with Gasteiger partial charge in [0.15, 0.2) is 0 Å². The van der Waals surface area contributed by atoms with E-state index in [1.807, 2.05) is 24.3 Å². The summed E-state index contributed by atoms with van der Waals surface area (Å²) in [6.45, 7) is 0.473. The van der Waals surface area contributed by atoms with Gasteiger partial charge in [0.25, 0.3) is 0 Å². The number of carboxylic acids is 1. The Morgan fingerprint density at radius 1 is 1.05 bits per heavy atom. The van der Waals surface area contributed by atoms with E-state index in [2.05, 4.69) is 23.5 Å². The summed E-state index contributed by atoms with van der Waals surface area (Å²) >= 11 is 0. The number of benzene rings is 2. The van der Waals surface area contributed by atoms with Gasteiger partial charge >= 0.3 is 5.97 Å². The minimum Gasteiger partial charge on any atom is -0.478 e. The molecule has 2 N–H and O–H groups in total. The number of carbonyl (C=O) groups excluding carboxylic acids is 1. The fraction of sp³-hybridized carbons (Fsp3) is 0.125. The zero-order chi connectivity index (χ0) is 14.4. The van der Waals surface area contributed by atoms with Gasteiger partial charge < -0.3 is 10.4 Å². The molecule has 102 valence electrons. The van der Waals surface area contributed by atoms with Crippen molar-refractivity contribution in [3.05, 3.63) is 60.2 Å². The molecule has 2 rings (SSSR count). The number of carbonyl (C=O) groups is 2. The Morgan fingerprint density at radius 3 is 2.55 bits per heavy atom. The molecule has 4 heteroatoms. The smallest absolute Gasteiger partial charge is 0.328 e. The van der Waals surface area contributed by atoms with Crippen LogP contribution in [0.15, 0.2) is 54.6 Å². The lowest BCUT2D eigenvalue weighted by Gasteiger charge is -2.04. The SMILES string of the molecule is O=C(O)/C=C/C(=O)NCCc1ccc2ccccc2c1. The van der Waals surface area contributed by atoms with E-state index >= 15 is 0 Å². The van der Waals surface area contributed by atoms with Crippen molar-refractivity contribution in [1.82, 2.24) is 5.32 Å². The fourth-order valence-corrected chi connectivity index (χ4v) is 1.93. The van der Waals surface area contributed by atoms with Crippen LogP contribution in [0.2, 0.25) is 0 Å². The molecular weight excluding hydrogens is 254 g/mol. The average Bonchev–Trinajstić information content (AvgIpc) is 2.45. The van der Waals surface area contributed by atoms with Crippen LogP contribution in [-0.2, 0) is 16.0 Å². The molecule has 2 aromatic carbocycles. The summed E-state index contributed by atoms with van der Waals surface area (Å²) in [5.41, 5.74) is 1.13. The van der Waals surface area contributed by atoms with E-state index in [0.717, 1.165) is 17.7 Å². The van der Waals surface area contributed by atoms with Crippen molar-refractivity contribution in [2.45, 2.75) is 6.42 Å². The molecular formula is C16H15NO3. The van der Waals surface area contributed by atoms with Crippen LogP contribution in [0.1, 0.15) is 5.56 Å². The van der Waals surface area contributed by atoms with Crippen LogP contribution < -0.4 is 5.32 Å². The van der Waals surface area contributed by atoms with Crippen molar-refractivity contribution in [2.24, 2.45) is 0 Å². The molecule has 0 heterocycles. The van der Waals surface area contributed by atoms with E-state index < -0.39 is 11.9 Å².